The summed E-state index contributed by atoms with van der Waals surface area (Å²) in [5.74, 6) is 2.64. The van der Waals surface area contributed by atoms with Crippen LogP contribution in [0.15, 0.2) is 12.3 Å². The summed E-state index contributed by atoms with van der Waals surface area (Å²) in [6.45, 7) is 4.41. The van der Waals surface area contributed by atoms with E-state index >= 15 is 0 Å². The number of pyridine rings is 1. The predicted molar refractivity (Wildman–Crippen MR) is 69.0 cm³/mol. The Kier molecular flexibility index (Phi) is 2.61. The maximum absolute atomic E-state index is 4.64. The van der Waals surface area contributed by atoms with Crippen molar-refractivity contribution in [2.45, 2.75) is 45.4 Å². The minimum atomic E-state index is 0.612. The van der Waals surface area contributed by atoms with Crippen LogP contribution in [0.3, 0.4) is 0 Å². The lowest BCUT2D eigenvalue weighted by atomic mass is 9.83. The Balaban J connectivity index is 1.90. The third-order valence-electron chi connectivity index (χ3n) is 3.90. The van der Waals surface area contributed by atoms with E-state index in [-0.39, 0.29) is 0 Å². The topological polar surface area (TPSA) is 41.6 Å². The van der Waals surface area contributed by atoms with Gasteiger partial charge in [0.05, 0.1) is 5.52 Å². The highest BCUT2D eigenvalue weighted by Gasteiger charge is 2.22. The lowest BCUT2D eigenvalue weighted by Gasteiger charge is -2.24. The van der Waals surface area contributed by atoms with Crippen LogP contribution in [0, 0.1) is 12.8 Å². The summed E-state index contributed by atoms with van der Waals surface area (Å²) in [6.07, 6.45) is 7.07. The minimum Gasteiger partial charge on any atom is -0.340 e. The summed E-state index contributed by atoms with van der Waals surface area (Å²) < 4.78 is 0. The van der Waals surface area contributed by atoms with Crippen LogP contribution in [0.2, 0.25) is 0 Å². The monoisotopic (exact) mass is 229 g/mol. The summed E-state index contributed by atoms with van der Waals surface area (Å²) in [5.41, 5.74) is 3.13. The molecule has 0 aromatic carbocycles. The standard InChI is InChI=1S/C14H19N3/c1-9-3-5-11(6-4-9)13-16-12-7-10(2)8-15-14(12)17-13/h7-9,11H,3-6H2,1-2H3,(H,15,16,17). The molecular weight excluding hydrogens is 210 g/mol. The van der Waals surface area contributed by atoms with Gasteiger partial charge < -0.3 is 4.98 Å². The van der Waals surface area contributed by atoms with Crippen molar-refractivity contribution in [1.29, 1.82) is 0 Å². The second kappa shape index (κ2) is 4.13. The Morgan fingerprint density at radius 2 is 2.00 bits per heavy atom. The molecule has 17 heavy (non-hydrogen) atoms. The third kappa shape index (κ3) is 2.06. The van der Waals surface area contributed by atoms with Crippen molar-refractivity contribution < 1.29 is 0 Å². The number of hydrogen-bond donors (Lipinski definition) is 1. The van der Waals surface area contributed by atoms with Crippen LogP contribution in [0.1, 0.15) is 49.9 Å². The fourth-order valence-electron chi connectivity index (χ4n) is 2.75. The van der Waals surface area contributed by atoms with Gasteiger partial charge in [0, 0.05) is 12.1 Å². The van der Waals surface area contributed by atoms with E-state index in [1.807, 2.05) is 6.20 Å². The number of aryl methyl sites for hydroxylation is 1. The molecule has 0 saturated heterocycles. The van der Waals surface area contributed by atoms with Crippen molar-refractivity contribution in [2.75, 3.05) is 0 Å². The number of nitrogens with one attached hydrogen (secondary N) is 1. The first kappa shape index (κ1) is 10.8. The fourth-order valence-corrected chi connectivity index (χ4v) is 2.75. The van der Waals surface area contributed by atoms with Crippen LogP contribution in [-0.2, 0) is 0 Å². The van der Waals surface area contributed by atoms with E-state index in [1.54, 1.807) is 0 Å². The number of nitrogens with zero attached hydrogens (tertiary/aromatic N) is 2. The Morgan fingerprint density at radius 1 is 1.24 bits per heavy atom. The second-order valence-corrected chi connectivity index (χ2v) is 5.46. The molecule has 1 aliphatic carbocycles. The molecule has 2 heterocycles. The molecule has 0 unspecified atom stereocenters. The van der Waals surface area contributed by atoms with Crippen LogP contribution in [-0.4, -0.2) is 15.0 Å². The molecule has 0 amide bonds. The number of aromatic nitrogens is 3. The summed E-state index contributed by atoms with van der Waals surface area (Å²) in [7, 11) is 0. The number of imidazole rings is 1. The zero-order chi connectivity index (χ0) is 11.8. The first-order valence-corrected chi connectivity index (χ1v) is 6.54. The van der Waals surface area contributed by atoms with E-state index in [0.717, 1.165) is 22.9 Å². The number of H-pyrrole nitrogens is 1. The first-order chi connectivity index (χ1) is 8.22. The molecule has 90 valence electrons. The van der Waals surface area contributed by atoms with Crippen molar-refractivity contribution >= 4 is 11.2 Å². The quantitative estimate of drug-likeness (QED) is 0.812. The lowest BCUT2D eigenvalue weighted by Crippen LogP contribution is -2.11. The molecule has 1 saturated carbocycles. The third-order valence-corrected chi connectivity index (χ3v) is 3.90. The Hall–Kier alpha value is -1.38. The van der Waals surface area contributed by atoms with E-state index < -0.39 is 0 Å². The van der Waals surface area contributed by atoms with Crippen LogP contribution >= 0.6 is 0 Å². The van der Waals surface area contributed by atoms with Gasteiger partial charge in [-0.05, 0) is 37.3 Å². The van der Waals surface area contributed by atoms with Gasteiger partial charge >= 0.3 is 0 Å². The first-order valence-electron chi connectivity index (χ1n) is 6.54. The van der Waals surface area contributed by atoms with E-state index in [4.69, 9.17) is 0 Å². The van der Waals surface area contributed by atoms with Gasteiger partial charge in [-0.2, -0.15) is 0 Å². The van der Waals surface area contributed by atoms with Gasteiger partial charge in [-0.1, -0.05) is 19.8 Å². The Morgan fingerprint density at radius 3 is 2.76 bits per heavy atom. The van der Waals surface area contributed by atoms with E-state index in [0.29, 0.717) is 5.92 Å². The van der Waals surface area contributed by atoms with E-state index in [1.165, 1.54) is 31.2 Å². The average Bonchev–Trinajstić information content (AvgIpc) is 2.72. The fraction of sp³-hybridized carbons (Fsp3) is 0.571. The number of rotatable bonds is 1. The molecule has 3 heteroatoms. The van der Waals surface area contributed by atoms with Crippen molar-refractivity contribution in [2.24, 2.45) is 5.92 Å². The second-order valence-electron chi connectivity index (χ2n) is 5.46. The maximum atomic E-state index is 4.64. The summed E-state index contributed by atoms with van der Waals surface area (Å²) in [4.78, 5) is 12.5. The zero-order valence-corrected chi connectivity index (χ0v) is 10.5. The highest BCUT2D eigenvalue weighted by atomic mass is 15.0. The normalized spacial score (nSPS) is 25.3. The van der Waals surface area contributed by atoms with Gasteiger partial charge in [0.25, 0.3) is 0 Å². The molecule has 2 aromatic heterocycles. The van der Waals surface area contributed by atoms with E-state index in [9.17, 15) is 0 Å². The van der Waals surface area contributed by atoms with E-state index in [2.05, 4.69) is 34.9 Å². The van der Waals surface area contributed by atoms with Gasteiger partial charge in [-0.3, -0.25) is 0 Å². The van der Waals surface area contributed by atoms with Crippen molar-refractivity contribution in [3.05, 3.63) is 23.7 Å². The molecule has 0 bridgehead atoms. The van der Waals surface area contributed by atoms with Gasteiger partial charge in [-0.25, -0.2) is 9.97 Å². The van der Waals surface area contributed by atoms with Crippen LogP contribution in [0.25, 0.3) is 11.2 Å². The molecule has 0 atom stereocenters. The Labute approximate surface area is 102 Å². The minimum absolute atomic E-state index is 0.612. The Bertz CT molecular complexity index is 521. The highest BCUT2D eigenvalue weighted by molar-refractivity contribution is 5.71. The SMILES string of the molecule is Cc1cnc2nc(C3CCC(C)CC3)[nH]c2c1. The average molecular weight is 229 g/mol. The molecule has 2 aromatic rings. The van der Waals surface area contributed by atoms with Gasteiger partial charge in [0.1, 0.15) is 5.82 Å². The molecule has 1 aliphatic rings. The lowest BCUT2D eigenvalue weighted by molar-refractivity contribution is 0.341. The molecule has 3 rings (SSSR count). The number of fused-ring (bicyclic) bond motifs is 1. The van der Waals surface area contributed by atoms with Crippen LogP contribution < -0.4 is 0 Å². The van der Waals surface area contributed by atoms with Crippen molar-refractivity contribution in [3.63, 3.8) is 0 Å². The summed E-state index contributed by atoms with van der Waals surface area (Å²) in [5, 5.41) is 0. The summed E-state index contributed by atoms with van der Waals surface area (Å²) >= 11 is 0. The van der Waals surface area contributed by atoms with Crippen LogP contribution in [0.5, 0.6) is 0 Å². The molecular formula is C14H19N3. The van der Waals surface area contributed by atoms with Gasteiger partial charge in [-0.15, -0.1) is 0 Å². The molecule has 1 fully saturated rings. The molecule has 0 spiro atoms. The van der Waals surface area contributed by atoms with Gasteiger partial charge in [0.15, 0.2) is 5.65 Å². The smallest absolute Gasteiger partial charge is 0.177 e. The van der Waals surface area contributed by atoms with Crippen LogP contribution in [0.4, 0.5) is 0 Å². The number of hydrogen-bond acceptors (Lipinski definition) is 2. The molecule has 3 nitrogen and oxygen atoms in total. The van der Waals surface area contributed by atoms with Crippen molar-refractivity contribution in [3.8, 4) is 0 Å². The summed E-state index contributed by atoms with van der Waals surface area (Å²) in [6, 6.07) is 2.13. The highest BCUT2D eigenvalue weighted by Crippen LogP contribution is 2.34. The predicted octanol–water partition coefficient (Wildman–Crippen LogP) is 3.56. The maximum Gasteiger partial charge on any atom is 0.177 e. The largest absolute Gasteiger partial charge is 0.340 e. The molecule has 0 aliphatic heterocycles. The molecule has 0 radical (unpaired) electrons. The zero-order valence-electron chi connectivity index (χ0n) is 10.5. The molecule has 1 N–H and O–H groups in total. The van der Waals surface area contributed by atoms with Crippen molar-refractivity contribution in [1.82, 2.24) is 15.0 Å². The van der Waals surface area contributed by atoms with Gasteiger partial charge in [0.2, 0.25) is 0 Å². The number of aromatic amines is 1.